The van der Waals surface area contributed by atoms with Gasteiger partial charge in [-0.25, -0.2) is 0 Å². The van der Waals surface area contributed by atoms with Gasteiger partial charge in [0.25, 0.3) is 0 Å². The minimum Gasteiger partial charge on any atom is -0.469 e. The number of hydrogen-bond donors (Lipinski definition) is 0. The number of rotatable bonds is 4. The van der Waals surface area contributed by atoms with Crippen LogP contribution in [-0.4, -0.2) is 20.5 Å². The second-order valence-corrected chi connectivity index (χ2v) is 5.08. The lowest BCUT2D eigenvalue weighted by Crippen LogP contribution is -1.98. The van der Waals surface area contributed by atoms with Crippen molar-refractivity contribution < 1.29 is 4.42 Å². The summed E-state index contributed by atoms with van der Waals surface area (Å²) in [5.41, 5.74) is 0.949. The van der Waals surface area contributed by atoms with E-state index in [-0.39, 0.29) is 5.92 Å². The zero-order valence-electron chi connectivity index (χ0n) is 10.5. The van der Waals surface area contributed by atoms with Gasteiger partial charge in [0.15, 0.2) is 11.0 Å². The molecule has 0 aromatic carbocycles. The molecule has 0 aliphatic heterocycles. The van der Waals surface area contributed by atoms with Gasteiger partial charge in [0, 0.05) is 12.8 Å². The Hall–Kier alpha value is -1.74. The van der Waals surface area contributed by atoms with E-state index in [1.54, 1.807) is 6.26 Å². The standard InChI is InChI=1S/C12H14N4OS/c1-8(6-13)7-18-12-15-14-11(16(12)3)10-4-5-17-9(10)2/h4-5,8H,7H2,1-3H3/t8-/m0/s1. The molecule has 2 aromatic heterocycles. The summed E-state index contributed by atoms with van der Waals surface area (Å²) in [6, 6.07) is 4.09. The minimum absolute atomic E-state index is 0.00538. The molecule has 0 spiro atoms. The average Bonchev–Trinajstić information content (AvgIpc) is 2.93. The van der Waals surface area contributed by atoms with Crippen molar-refractivity contribution in [2.45, 2.75) is 19.0 Å². The molecule has 2 aromatic rings. The number of furan rings is 1. The smallest absolute Gasteiger partial charge is 0.191 e. The highest BCUT2D eigenvalue weighted by Gasteiger charge is 2.15. The van der Waals surface area contributed by atoms with E-state index in [2.05, 4.69) is 16.3 Å². The summed E-state index contributed by atoms with van der Waals surface area (Å²) in [5.74, 6) is 2.33. The molecule has 94 valence electrons. The van der Waals surface area contributed by atoms with Crippen LogP contribution in [0.15, 0.2) is 21.9 Å². The fourth-order valence-corrected chi connectivity index (χ4v) is 2.38. The molecule has 0 aliphatic carbocycles. The summed E-state index contributed by atoms with van der Waals surface area (Å²) in [7, 11) is 1.92. The first-order valence-corrected chi connectivity index (χ1v) is 6.58. The van der Waals surface area contributed by atoms with Gasteiger partial charge in [-0.3, -0.25) is 0 Å². The van der Waals surface area contributed by atoms with Crippen LogP contribution in [0.2, 0.25) is 0 Å². The van der Waals surface area contributed by atoms with Crippen LogP contribution in [0.4, 0.5) is 0 Å². The highest BCUT2D eigenvalue weighted by Crippen LogP contribution is 2.26. The van der Waals surface area contributed by atoms with E-state index in [1.807, 2.05) is 31.5 Å². The number of hydrogen-bond acceptors (Lipinski definition) is 5. The maximum atomic E-state index is 8.76. The van der Waals surface area contributed by atoms with Crippen molar-refractivity contribution in [3.63, 3.8) is 0 Å². The van der Waals surface area contributed by atoms with E-state index in [0.29, 0.717) is 5.75 Å². The molecule has 0 N–H and O–H groups in total. The van der Waals surface area contributed by atoms with E-state index in [9.17, 15) is 0 Å². The summed E-state index contributed by atoms with van der Waals surface area (Å²) in [4.78, 5) is 0. The molecule has 5 nitrogen and oxygen atoms in total. The van der Waals surface area contributed by atoms with E-state index in [4.69, 9.17) is 9.68 Å². The Morgan fingerprint density at radius 3 is 2.94 bits per heavy atom. The largest absolute Gasteiger partial charge is 0.469 e. The van der Waals surface area contributed by atoms with Gasteiger partial charge in [0.05, 0.1) is 23.8 Å². The van der Waals surface area contributed by atoms with Gasteiger partial charge in [0.1, 0.15) is 5.76 Å². The van der Waals surface area contributed by atoms with Crippen molar-refractivity contribution in [3.8, 4) is 17.5 Å². The summed E-state index contributed by atoms with van der Waals surface area (Å²) in [5, 5.41) is 17.9. The molecule has 0 saturated carbocycles. The zero-order chi connectivity index (χ0) is 13.1. The van der Waals surface area contributed by atoms with Crippen molar-refractivity contribution >= 4 is 11.8 Å². The molecule has 2 heterocycles. The highest BCUT2D eigenvalue weighted by atomic mass is 32.2. The van der Waals surface area contributed by atoms with Crippen LogP contribution in [0, 0.1) is 24.2 Å². The Kier molecular flexibility index (Phi) is 3.72. The second kappa shape index (κ2) is 5.27. The van der Waals surface area contributed by atoms with Gasteiger partial charge in [-0.2, -0.15) is 5.26 Å². The molecular formula is C12H14N4OS. The van der Waals surface area contributed by atoms with Crippen LogP contribution in [0.1, 0.15) is 12.7 Å². The predicted molar refractivity (Wildman–Crippen MR) is 68.9 cm³/mol. The minimum atomic E-state index is 0.00538. The lowest BCUT2D eigenvalue weighted by atomic mass is 10.2. The van der Waals surface area contributed by atoms with Crippen LogP contribution in [0.25, 0.3) is 11.4 Å². The molecule has 6 heteroatoms. The Bertz CT molecular complexity index is 581. The summed E-state index contributed by atoms with van der Waals surface area (Å²) >= 11 is 1.54. The van der Waals surface area contributed by atoms with Gasteiger partial charge in [-0.05, 0) is 19.9 Å². The maximum Gasteiger partial charge on any atom is 0.191 e. The molecule has 0 radical (unpaired) electrons. The fraction of sp³-hybridized carbons (Fsp3) is 0.417. The van der Waals surface area contributed by atoms with E-state index >= 15 is 0 Å². The molecule has 0 fully saturated rings. The van der Waals surface area contributed by atoms with Crippen LogP contribution in [0.3, 0.4) is 0 Å². The molecular weight excluding hydrogens is 248 g/mol. The van der Waals surface area contributed by atoms with Gasteiger partial charge < -0.3 is 8.98 Å². The lowest BCUT2D eigenvalue weighted by Gasteiger charge is -2.03. The number of nitrogens with zero attached hydrogens (tertiary/aromatic N) is 4. The van der Waals surface area contributed by atoms with Crippen molar-refractivity contribution in [3.05, 3.63) is 18.1 Å². The van der Waals surface area contributed by atoms with Crippen molar-refractivity contribution in [1.82, 2.24) is 14.8 Å². The van der Waals surface area contributed by atoms with Gasteiger partial charge in [-0.15, -0.1) is 10.2 Å². The molecule has 0 aliphatic rings. The predicted octanol–water partition coefficient (Wildman–Crippen LogP) is 2.64. The third-order valence-electron chi connectivity index (χ3n) is 2.62. The number of aryl methyl sites for hydroxylation is 1. The maximum absolute atomic E-state index is 8.76. The Morgan fingerprint density at radius 1 is 1.56 bits per heavy atom. The highest BCUT2D eigenvalue weighted by molar-refractivity contribution is 7.99. The summed E-state index contributed by atoms with van der Waals surface area (Å²) in [6.07, 6.45) is 1.64. The quantitative estimate of drug-likeness (QED) is 0.792. The SMILES string of the molecule is Cc1occc1-c1nnc(SC[C@@H](C)C#N)n1C. The monoisotopic (exact) mass is 262 g/mol. The van der Waals surface area contributed by atoms with Gasteiger partial charge in [0.2, 0.25) is 0 Å². The third kappa shape index (κ3) is 2.41. The van der Waals surface area contributed by atoms with Crippen LogP contribution >= 0.6 is 11.8 Å². The van der Waals surface area contributed by atoms with Crippen molar-refractivity contribution in [2.24, 2.45) is 13.0 Å². The van der Waals surface area contributed by atoms with Crippen LogP contribution in [-0.2, 0) is 7.05 Å². The van der Waals surface area contributed by atoms with Crippen LogP contribution in [0.5, 0.6) is 0 Å². The first-order chi connectivity index (χ1) is 8.63. The molecule has 1 atom stereocenters. The Morgan fingerprint density at radius 2 is 2.33 bits per heavy atom. The molecule has 2 rings (SSSR count). The zero-order valence-corrected chi connectivity index (χ0v) is 11.4. The topological polar surface area (TPSA) is 67.6 Å². The van der Waals surface area contributed by atoms with E-state index < -0.39 is 0 Å². The summed E-state index contributed by atoms with van der Waals surface area (Å²) < 4.78 is 7.19. The average molecular weight is 262 g/mol. The number of thioether (sulfide) groups is 1. The van der Waals surface area contributed by atoms with E-state index in [0.717, 1.165) is 22.3 Å². The first kappa shape index (κ1) is 12.7. The van der Waals surface area contributed by atoms with E-state index in [1.165, 1.54) is 11.8 Å². The van der Waals surface area contributed by atoms with Crippen molar-refractivity contribution in [1.29, 1.82) is 5.26 Å². The van der Waals surface area contributed by atoms with Crippen molar-refractivity contribution in [2.75, 3.05) is 5.75 Å². The normalized spacial score (nSPS) is 12.3. The molecule has 0 unspecified atom stereocenters. The fourth-order valence-electron chi connectivity index (χ4n) is 1.53. The number of nitriles is 1. The van der Waals surface area contributed by atoms with Gasteiger partial charge in [-0.1, -0.05) is 11.8 Å². The molecule has 0 bridgehead atoms. The number of aromatic nitrogens is 3. The lowest BCUT2D eigenvalue weighted by molar-refractivity contribution is 0.534. The first-order valence-electron chi connectivity index (χ1n) is 5.59. The molecule has 0 saturated heterocycles. The molecule has 0 amide bonds. The Balaban J connectivity index is 2.20. The second-order valence-electron chi connectivity index (χ2n) is 4.10. The molecule has 18 heavy (non-hydrogen) atoms. The van der Waals surface area contributed by atoms with Crippen LogP contribution < -0.4 is 0 Å². The Labute approximate surface area is 110 Å². The van der Waals surface area contributed by atoms with Gasteiger partial charge >= 0.3 is 0 Å². The summed E-state index contributed by atoms with van der Waals surface area (Å²) in [6.45, 7) is 3.79. The third-order valence-corrected chi connectivity index (χ3v) is 3.90.